The maximum absolute atomic E-state index is 12.4. The van der Waals surface area contributed by atoms with Gasteiger partial charge in [-0.2, -0.15) is 8.42 Å². The lowest BCUT2D eigenvalue weighted by molar-refractivity contribution is 0.598. The van der Waals surface area contributed by atoms with Gasteiger partial charge in [-0.25, -0.2) is 4.99 Å². The predicted molar refractivity (Wildman–Crippen MR) is 96.8 cm³/mol. The Bertz CT molecular complexity index is 833. The summed E-state index contributed by atoms with van der Waals surface area (Å²) in [6.07, 6.45) is 1.75. The molecule has 0 aliphatic rings. The second-order valence-electron chi connectivity index (χ2n) is 4.36. The number of aliphatic imine (C=N–C) groups is 1. The number of sulfonamides is 1. The van der Waals surface area contributed by atoms with Crippen LogP contribution in [0.15, 0.2) is 68.9 Å². The van der Waals surface area contributed by atoms with Crippen molar-refractivity contribution < 1.29 is 8.42 Å². The van der Waals surface area contributed by atoms with E-state index in [1.807, 2.05) is 6.07 Å². The van der Waals surface area contributed by atoms with Gasteiger partial charge in [-0.3, -0.25) is 0 Å². The number of thioether (sulfide) groups is 1. The van der Waals surface area contributed by atoms with Crippen LogP contribution < -0.4 is 5.73 Å². The van der Waals surface area contributed by atoms with Crippen molar-refractivity contribution in [2.24, 2.45) is 15.1 Å². The fraction of sp³-hybridized carbons (Fsp3) is 0.0667. The average molecular weight is 368 g/mol. The summed E-state index contributed by atoms with van der Waals surface area (Å²) in [6, 6.07) is 14.6. The van der Waals surface area contributed by atoms with E-state index in [1.54, 1.807) is 30.5 Å². The van der Waals surface area contributed by atoms with E-state index in [0.29, 0.717) is 10.6 Å². The lowest BCUT2D eigenvalue weighted by Crippen LogP contribution is -2.12. The molecule has 5 nitrogen and oxygen atoms in total. The molecule has 0 aromatic heterocycles. The molecule has 0 saturated carbocycles. The molecule has 0 spiro atoms. The van der Waals surface area contributed by atoms with E-state index in [9.17, 15) is 8.42 Å². The summed E-state index contributed by atoms with van der Waals surface area (Å²) >= 11 is 6.99. The summed E-state index contributed by atoms with van der Waals surface area (Å²) < 4.78 is 28.7. The van der Waals surface area contributed by atoms with Gasteiger partial charge >= 0.3 is 0 Å². The molecule has 0 heterocycles. The highest BCUT2D eigenvalue weighted by atomic mass is 35.5. The van der Waals surface area contributed by atoms with Crippen molar-refractivity contribution in [1.29, 1.82) is 0 Å². The largest absolute Gasteiger partial charge is 0.378 e. The van der Waals surface area contributed by atoms with E-state index < -0.39 is 10.0 Å². The summed E-state index contributed by atoms with van der Waals surface area (Å²) in [5.41, 5.74) is 6.27. The summed E-state index contributed by atoms with van der Waals surface area (Å²) in [5.74, 6) is 0.0346. The van der Waals surface area contributed by atoms with Crippen molar-refractivity contribution in [1.82, 2.24) is 0 Å². The molecule has 2 N–H and O–H groups in total. The highest BCUT2D eigenvalue weighted by molar-refractivity contribution is 8.13. The Labute approximate surface area is 144 Å². The number of hydrogen-bond donors (Lipinski definition) is 1. The van der Waals surface area contributed by atoms with Gasteiger partial charge in [0.15, 0.2) is 11.0 Å². The first-order chi connectivity index (χ1) is 10.9. The van der Waals surface area contributed by atoms with Crippen molar-refractivity contribution in [2.75, 3.05) is 6.26 Å². The van der Waals surface area contributed by atoms with Gasteiger partial charge in [0.05, 0.1) is 4.90 Å². The fourth-order valence-corrected chi connectivity index (χ4v) is 2.91. The smallest absolute Gasteiger partial charge is 0.284 e. The first kappa shape index (κ1) is 17.5. The standard InChI is InChI=1S/C15H14ClN3O2S2/c1-22-15(17)18-14(11-5-3-2-4-6-11)19-23(20,21)13-9-7-12(16)8-10-13/h2-10H,1H3,(H2,17,18,19). The molecule has 0 saturated heterocycles. The van der Waals surface area contributed by atoms with Crippen LogP contribution in [0.2, 0.25) is 5.02 Å². The van der Waals surface area contributed by atoms with Gasteiger partial charge in [-0.15, -0.1) is 4.40 Å². The fourth-order valence-electron chi connectivity index (χ4n) is 1.65. The third kappa shape index (κ3) is 4.82. The number of rotatable bonds is 3. The summed E-state index contributed by atoms with van der Waals surface area (Å²) in [5, 5.41) is 0.666. The quantitative estimate of drug-likeness (QED) is 0.667. The molecular weight excluding hydrogens is 354 g/mol. The SMILES string of the molecule is CSC(N)=N/C(=N\S(=O)(=O)c1ccc(Cl)cc1)c1ccccc1. The number of nitrogens with two attached hydrogens (primary N) is 1. The maximum Gasteiger partial charge on any atom is 0.284 e. The van der Waals surface area contributed by atoms with Crippen LogP contribution in [0.25, 0.3) is 0 Å². The molecule has 8 heteroatoms. The zero-order valence-electron chi connectivity index (χ0n) is 12.2. The molecule has 0 unspecified atom stereocenters. The molecule has 0 fully saturated rings. The highest BCUT2D eigenvalue weighted by Crippen LogP contribution is 2.18. The summed E-state index contributed by atoms with van der Waals surface area (Å²) in [6.45, 7) is 0. The Balaban J connectivity index is 2.54. The van der Waals surface area contributed by atoms with Crippen molar-refractivity contribution in [3.05, 3.63) is 65.2 Å². The van der Waals surface area contributed by atoms with Gasteiger partial charge < -0.3 is 5.73 Å². The minimum Gasteiger partial charge on any atom is -0.378 e. The van der Waals surface area contributed by atoms with Crippen molar-refractivity contribution in [2.45, 2.75) is 4.90 Å². The van der Waals surface area contributed by atoms with Crippen LogP contribution >= 0.6 is 23.4 Å². The van der Waals surface area contributed by atoms with Gasteiger partial charge in [-0.05, 0) is 30.5 Å². The van der Waals surface area contributed by atoms with Crippen LogP contribution in [0.3, 0.4) is 0 Å². The Kier molecular flexibility index (Phi) is 5.81. The number of hydrogen-bond acceptors (Lipinski definition) is 3. The molecule has 2 rings (SSSR count). The predicted octanol–water partition coefficient (Wildman–Crippen LogP) is 3.15. The zero-order chi connectivity index (χ0) is 16.9. The van der Waals surface area contributed by atoms with Gasteiger partial charge in [0.2, 0.25) is 0 Å². The molecular formula is C15H14ClN3O2S2. The molecule has 0 aliphatic heterocycles. The van der Waals surface area contributed by atoms with Crippen LogP contribution in [-0.4, -0.2) is 25.7 Å². The number of benzene rings is 2. The Hall–Kier alpha value is -1.83. The van der Waals surface area contributed by atoms with Crippen molar-refractivity contribution >= 4 is 44.4 Å². The first-order valence-electron chi connectivity index (χ1n) is 6.46. The molecule has 0 atom stereocenters. The van der Waals surface area contributed by atoms with E-state index in [0.717, 1.165) is 0 Å². The number of amidine groups is 2. The molecule has 0 aliphatic carbocycles. The molecule has 2 aromatic rings. The van der Waals surface area contributed by atoms with Crippen LogP contribution in [0.4, 0.5) is 0 Å². The van der Waals surface area contributed by atoms with E-state index in [4.69, 9.17) is 17.3 Å². The van der Waals surface area contributed by atoms with Gasteiger partial charge in [0, 0.05) is 10.6 Å². The molecule has 0 radical (unpaired) electrons. The molecule has 0 amide bonds. The van der Waals surface area contributed by atoms with Crippen LogP contribution in [-0.2, 0) is 10.0 Å². The van der Waals surface area contributed by atoms with E-state index in [-0.39, 0.29) is 15.9 Å². The second-order valence-corrected chi connectivity index (χ2v) is 7.23. The first-order valence-corrected chi connectivity index (χ1v) is 9.51. The van der Waals surface area contributed by atoms with Gasteiger partial charge in [0.25, 0.3) is 10.0 Å². The highest BCUT2D eigenvalue weighted by Gasteiger charge is 2.15. The molecule has 2 aromatic carbocycles. The second kappa shape index (κ2) is 7.63. The van der Waals surface area contributed by atoms with Gasteiger partial charge in [-0.1, -0.05) is 53.7 Å². The van der Waals surface area contributed by atoms with Crippen LogP contribution in [0, 0.1) is 0 Å². The molecule has 0 bridgehead atoms. The van der Waals surface area contributed by atoms with Crippen molar-refractivity contribution in [3.63, 3.8) is 0 Å². The minimum atomic E-state index is -3.92. The average Bonchev–Trinajstić information content (AvgIpc) is 2.55. The third-order valence-corrected chi connectivity index (χ3v) is 4.82. The molecule has 120 valence electrons. The Morgan fingerprint density at radius 1 is 1.09 bits per heavy atom. The van der Waals surface area contributed by atoms with E-state index in [1.165, 1.54) is 36.0 Å². The zero-order valence-corrected chi connectivity index (χ0v) is 14.6. The summed E-state index contributed by atoms with van der Waals surface area (Å²) in [4.78, 5) is 4.13. The lowest BCUT2D eigenvalue weighted by atomic mass is 10.2. The van der Waals surface area contributed by atoms with Crippen molar-refractivity contribution in [3.8, 4) is 0 Å². The normalized spacial score (nSPS) is 13.1. The molecule has 23 heavy (non-hydrogen) atoms. The monoisotopic (exact) mass is 367 g/mol. The third-order valence-electron chi connectivity index (χ3n) is 2.78. The number of nitrogens with zero attached hydrogens (tertiary/aromatic N) is 2. The topological polar surface area (TPSA) is 84.9 Å². The van der Waals surface area contributed by atoms with E-state index in [2.05, 4.69) is 9.39 Å². The Morgan fingerprint density at radius 2 is 1.70 bits per heavy atom. The van der Waals surface area contributed by atoms with E-state index >= 15 is 0 Å². The van der Waals surface area contributed by atoms with Crippen LogP contribution in [0.1, 0.15) is 5.56 Å². The lowest BCUT2D eigenvalue weighted by Gasteiger charge is -2.04. The van der Waals surface area contributed by atoms with Gasteiger partial charge in [0.1, 0.15) is 0 Å². The minimum absolute atomic E-state index is 0.0346. The summed E-state index contributed by atoms with van der Waals surface area (Å²) in [7, 11) is -3.92. The number of halogens is 1. The maximum atomic E-state index is 12.4. The Morgan fingerprint density at radius 3 is 2.26 bits per heavy atom. The van der Waals surface area contributed by atoms with Crippen LogP contribution in [0.5, 0.6) is 0 Å².